The molecule has 0 radical (unpaired) electrons. The summed E-state index contributed by atoms with van der Waals surface area (Å²) < 4.78 is 160. The Labute approximate surface area is 310 Å². The van der Waals surface area contributed by atoms with Crippen molar-refractivity contribution in [2.45, 2.75) is 0 Å². The minimum absolute atomic E-state index is 0.274. The summed E-state index contributed by atoms with van der Waals surface area (Å²) in [5, 5.41) is 1.28. The maximum atomic E-state index is 10.1. The quantitative estimate of drug-likeness (QED) is 0.181. The molecule has 0 atom stereocenters. The first-order valence-electron chi connectivity index (χ1n) is 24.0. The van der Waals surface area contributed by atoms with E-state index in [1.54, 1.807) is 22.8 Å². The number of rotatable bonds is 6. The SMILES string of the molecule is [2H]c1c([2H])c([2H])c(-c2nc(-c3c([2H])c([2H])c([2H])c([2H])c3[2H])nc(-c3c([2H])c([2H])c(-c4c([2H])c([2H])c([2H])c([2H])c4[2H])c([2H])c3-n3c4ccccc4c4ccc(-c5ccccc5)cc43)n2)c([2H])c1[2H]. The minimum Gasteiger partial charge on any atom is -0.308 e. The Bertz CT molecular complexity index is 3460. The first-order chi connectivity index (χ1) is 31.8. The van der Waals surface area contributed by atoms with Gasteiger partial charge in [0.05, 0.1) is 41.4 Å². The van der Waals surface area contributed by atoms with Crippen LogP contribution >= 0.6 is 0 Å². The third kappa shape index (κ3) is 5.26. The van der Waals surface area contributed by atoms with Crippen LogP contribution in [-0.2, 0) is 0 Å². The van der Waals surface area contributed by atoms with Gasteiger partial charge < -0.3 is 4.57 Å². The zero-order valence-corrected chi connectivity index (χ0v) is 25.2. The molecule has 0 fully saturated rings. The summed E-state index contributed by atoms with van der Waals surface area (Å²) in [5.41, 5.74) is -0.611. The molecule has 0 amide bonds. The fourth-order valence-electron chi connectivity index (χ4n) is 5.68. The van der Waals surface area contributed by atoms with Crippen LogP contribution in [-0.4, -0.2) is 19.5 Å². The van der Waals surface area contributed by atoms with E-state index < -0.39 is 154 Å². The lowest BCUT2D eigenvalue weighted by Crippen LogP contribution is -2.04. The van der Waals surface area contributed by atoms with Gasteiger partial charge in [-0.3, -0.25) is 0 Å². The summed E-state index contributed by atoms with van der Waals surface area (Å²) in [5.74, 6) is -1.93. The fourth-order valence-corrected chi connectivity index (χ4v) is 5.68. The molecule has 0 aliphatic carbocycles. The molecule has 4 heteroatoms. The van der Waals surface area contributed by atoms with Gasteiger partial charge in [-0.1, -0.05) is 157 Å². The number of fused-ring (bicyclic) bond motifs is 3. The van der Waals surface area contributed by atoms with Crippen molar-refractivity contribution in [1.29, 1.82) is 0 Å². The molecule has 230 valence electrons. The average Bonchev–Trinajstić information content (AvgIpc) is 3.65. The number of benzene rings is 7. The third-order valence-electron chi connectivity index (χ3n) is 7.85. The summed E-state index contributed by atoms with van der Waals surface area (Å²) in [7, 11) is 0. The van der Waals surface area contributed by atoms with Gasteiger partial charge in [0, 0.05) is 27.5 Å². The van der Waals surface area contributed by atoms with E-state index in [1.165, 1.54) is 0 Å². The number of aromatic nitrogens is 4. The highest BCUT2D eigenvalue weighted by molar-refractivity contribution is 6.10. The van der Waals surface area contributed by atoms with Crippen molar-refractivity contribution in [2.75, 3.05) is 0 Å². The van der Waals surface area contributed by atoms with E-state index in [9.17, 15) is 4.11 Å². The van der Waals surface area contributed by atoms with E-state index in [1.807, 2.05) is 54.6 Å². The molecule has 7 aromatic carbocycles. The Morgan fingerprint density at radius 1 is 0.408 bits per heavy atom. The lowest BCUT2D eigenvalue weighted by atomic mass is 10.0. The summed E-state index contributed by atoms with van der Waals surface area (Å²) in [6.45, 7) is 0. The van der Waals surface area contributed by atoms with Crippen molar-refractivity contribution in [1.82, 2.24) is 19.5 Å². The molecule has 2 heterocycles. The molecule has 2 aromatic heterocycles. The largest absolute Gasteiger partial charge is 0.308 e. The average molecular weight is 645 g/mol. The van der Waals surface area contributed by atoms with Gasteiger partial charge in [-0.25, -0.2) is 15.0 Å². The Morgan fingerprint density at radius 2 is 0.980 bits per heavy atom. The van der Waals surface area contributed by atoms with E-state index in [4.69, 9.17) is 20.6 Å². The second-order valence-electron chi connectivity index (χ2n) is 10.7. The smallest absolute Gasteiger partial charge is 0.166 e. The molecule has 49 heavy (non-hydrogen) atoms. The van der Waals surface area contributed by atoms with Crippen molar-refractivity contribution in [3.8, 4) is 62.1 Å². The Morgan fingerprint density at radius 3 is 1.65 bits per heavy atom. The highest BCUT2D eigenvalue weighted by atomic mass is 15.1. The predicted molar refractivity (Wildman–Crippen MR) is 201 cm³/mol. The number of hydrogen-bond donors (Lipinski definition) is 0. The van der Waals surface area contributed by atoms with Gasteiger partial charge in [0.2, 0.25) is 0 Å². The molecule has 9 aromatic rings. The maximum Gasteiger partial charge on any atom is 0.166 e. The molecule has 0 saturated carbocycles. The molecular formula is C45H30N4. The maximum absolute atomic E-state index is 10.1. The molecule has 0 N–H and O–H groups in total. The van der Waals surface area contributed by atoms with Crippen molar-refractivity contribution in [2.24, 2.45) is 0 Å². The molecular weight excluding hydrogens is 597 g/mol. The van der Waals surface area contributed by atoms with Crippen LogP contribution in [0.25, 0.3) is 83.9 Å². The van der Waals surface area contributed by atoms with E-state index in [-0.39, 0.29) is 5.69 Å². The van der Waals surface area contributed by atoms with Crippen molar-refractivity contribution in [3.63, 3.8) is 0 Å². The van der Waals surface area contributed by atoms with Gasteiger partial charge in [-0.2, -0.15) is 0 Å². The highest BCUT2D eigenvalue weighted by Gasteiger charge is 2.20. The van der Waals surface area contributed by atoms with Gasteiger partial charge in [-0.15, -0.1) is 0 Å². The van der Waals surface area contributed by atoms with Crippen LogP contribution in [0.5, 0.6) is 0 Å². The van der Waals surface area contributed by atoms with Crippen molar-refractivity contribution in [3.05, 3.63) is 182 Å². The van der Waals surface area contributed by atoms with Crippen LogP contribution in [0, 0.1) is 0 Å². The van der Waals surface area contributed by atoms with Gasteiger partial charge in [0.15, 0.2) is 17.5 Å². The predicted octanol–water partition coefficient (Wildman–Crippen LogP) is 11.3. The van der Waals surface area contributed by atoms with Crippen LogP contribution in [0.2, 0.25) is 0 Å². The molecule has 0 aliphatic heterocycles. The zero-order chi connectivity index (χ0) is 48.2. The van der Waals surface area contributed by atoms with Crippen molar-refractivity contribution >= 4 is 21.8 Å². The number of para-hydroxylation sites is 1. The van der Waals surface area contributed by atoms with Crippen LogP contribution in [0.15, 0.2) is 182 Å². The first kappa shape index (κ1) is 15.5. The van der Waals surface area contributed by atoms with Crippen LogP contribution in [0.3, 0.4) is 0 Å². The Balaban J connectivity index is 1.52. The first-order valence-corrected chi connectivity index (χ1v) is 15.0. The molecule has 0 bridgehead atoms. The second kappa shape index (κ2) is 12.2. The van der Waals surface area contributed by atoms with E-state index in [2.05, 4.69) is 15.0 Å². The molecule has 0 saturated heterocycles. The van der Waals surface area contributed by atoms with Crippen LogP contribution in [0.4, 0.5) is 0 Å². The van der Waals surface area contributed by atoms with E-state index in [0.717, 1.165) is 5.56 Å². The molecule has 0 spiro atoms. The fraction of sp³-hybridized carbons (Fsp3) is 0. The van der Waals surface area contributed by atoms with Gasteiger partial charge in [-0.05, 0) is 46.5 Å². The molecule has 0 unspecified atom stereocenters. The highest BCUT2D eigenvalue weighted by Crippen LogP contribution is 2.39. The minimum atomic E-state index is -0.817. The normalized spacial score (nSPS) is 16.4. The van der Waals surface area contributed by atoms with E-state index in [0.29, 0.717) is 27.4 Å². The van der Waals surface area contributed by atoms with E-state index >= 15 is 0 Å². The van der Waals surface area contributed by atoms with Crippen molar-refractivity contribution < 1.29 is 24.7 Å². The Hall–Kier alpha value is -6.65. The van der Waals surface area contributed by atoms with Crippen LogP contribution in [0.1, 0.15) is 24.7 Å². The topological polar surface area (TPSA) is 43.6 Å². The van der Waals surface area contributed by atoms with Crippen LogP contribution < -0.4 is 0 Å². The third-order valence-corrected chi connectivity index (χ3v) is 7.85. The lowest BCUT2D eigenvalue weighted by Gasteiger charge is -2.17. The zero-order valence-electron chi connectivity index (χ0n) is 43.2. The molecule has 9 rings (SSSR count). The summed E-state index contributed by atoms with van der Waals surface area (Å²) in [6.07, 6.45) is 0. The number of hydrogen-bond acceptors (Lipinski definition) is 3. The summed E-state index contributed by atoms with van der Waals surface area (Å²) in [4.78, 5) is 13.5. The number of nitrogens with zero attached hydrogens (tertiary/aromatic N) is 4. The van der Waals surface area contributed by atoms with Gasteiger partial charge in [0.25, 0.3) is 0 Å². The standard InChI is InChI=1S/C45H30N4/c1-5-15-31(16-6-1)35-25-27-38-37-23-13-14-24-40(37)49(41(38)29-35)42-30-36(32-17-7-2-8-18-32)26-28-39(42)45-47-43(33-19-9-3-10-20-33)46-44(48-45)34-21-11-4-12-22-34/h1-30H/i2D,3D,4D,7D,8D,9D,10D,11D,12D,17D,18D,19D,20D,21D,22D,26D,28D,30D. The lowest BCUT2D eigenvalue weighted by molar-refractivity contribution is 1.06. The van der Waals surface area contributed by atoms with Gasteiger partial charge in [0.1, 0.15) is 0 Å². The molecule has 4 nitrogen and oxygen atoms in total. The monoisotopic (exact) mass is 644 g/mol. The summed E-state index contributed by atoms with van der Waals surface area (Å²) in [6, 6.07) is 8.13. The molecule has 0 aliphatic rings. The summed E-state index contributed by atoms with van der Waals surface area (Å²) >= 11 is 0. The Kier molecular flexibility index (Phi) is 3.85. The van der Waals surface area contributed by atoms with Gasteiger partial charge >= 0.3 is 0 Å². The second-order valence-corrected chi connectivity index (χ2v) is 10.7.